The number of H-pyrrole nitrogens is 2. The largest absolute Gasteiger partial charge is 0.426 e. The number of hydrogen-bond donors (Lipinski definition) is 2. The molecule has 0 saturated heterocycles. The molecule has 3 aromatic heterocycles. The molecule has 1 radical (unpaired) electrons. The molecule has 2 aliphatic rings. The summed E-state index contributed by atoms with van der Waals surface area (Å²) in [6.45, 7) is 1.43. The maximum Gasteiger partial charge on any atom is 0.308 e. The van der Waals surface area contributed by atoms with Crippen LogP contribution in [0.4, 0.5) is 0 Å². The fraction of sp³-hybridized carbons (Fsp3) is 0.0250. The van der Waals surface area contributed by atoms with Gasteiger partial charge in [0.1, 0.15) is 5.75 Å². The molecule has 7 aromatic rings. The van der Waals surface area contributed by atoms with Crippen molar-refractivity contribution in [1.29, 1.82) is 0 Å². The standard InChI is InChI=1S/C20H14N4.C20H14O2.Mn/c1-2-14-10-16-5-6-18(23-16)12-20-8-7-19(24-20)11-17-4-3-15(22-17)9-13(1)21-14;1-13(21)22-19-8-4-7-14-9-10-17-11-15-5-2-3-6-16(15)12-18(17)20(14)19;/h1-12,21,24H;2-12H,1H3;. The van der Waals surface area contributed by atoms with Gasteiger partial charge in [-0.25, -0.2) is 9.97 Å². The van der Waals surface area contributed by atoms with Gasteiger partial charge in [-0.1, -0.05) is 48.5 Å². The quantitative estimate of drug-likeness (QED) is 0.0609. The summed E-state index contributed by atoms with van der Waals surface area (Å²) in [5.41, 5.74) is 7.86. The second-order valence-corrected chi connectivity index (χ2v) is 11.3. The van der Waals surface area contributed by atoms with E-state index in [1.165, 1.54) is 17.7 Å². The van der Waals surface area contributed by atoms with Gasteiger partial charge in [0.05, 0.1) is 22.8 Å². The molecule has 7 heteroatoms. The third kappa shape index (κ3) is 6.36. The minimum atomic E-state index is -0.301. The number of nitrogens with zero attached hydrogens (tertiary/aromatic N) is 2. The Labute approximate surface area is 281 Å². The molecule has 0 fully saturated rings. The fourth-order valence-electron chi connectivity index (χ4n) is 5.95. The Balaban J connectivity index is 0.000000147. The van der Waals surface area contributed by atoms with Crippen molar-refractivity contribution in [3.63, 3.8) is 0 Å². The van der Waals surface area contributed by atoms with Crippen LogP contribution >= 0.6 is 0 Å². The van der Waals surface area contributed by atoms with Crippen LogP contribution in [-0.4, -0.2) is 25.9 Å². The van der Waals surface area contributed by atoms with Crippen LogP contribution in [-0.2, 0) is 21.9 Å². The molecule has 0 spiro atoms. The van der Waals surface area contributed by atoms with Gasteiger partial charge in [0, 0.05) is 51.4 Å². The number of fused-ring (bicyclic) bond motifs is 12. The smallest absolute Gasteiger partial charge is 0.308 e. The summed E-state index contributed by atoms with van der Waals surface area (Å²) < 4.78 is 5.41. The van der Waals surface area contributed by atoms with E-state index in [1.54, 1.807) is 0 Å². The van der Waals surface area contributed by atoms with E-state index in [9.17, 15) is 4.79 Å². The Kier molecular flexibility index (Phi) is 8.00. The van der Waals surface area contributed by atoms with Crippen molar-refractivity contribution in [2.24, 2.45) is 0 Å². The van der Waals surface area contributed by atoms with Crippen molar-refractivity contribution in [3.8, 4) is 5.75 Å². The molecule has 0 unspecified atom stereocenters. The molecule has 9 rings (SSSR count). The SMILES string of the molecule is C1=Cc2cc3ccc(cc4nc(cc5ccc(cc1n2)[nH]5)C=C4)[nH]3.CC(=O)Oc1cccc2ccc3cc4ccccc4cc3c12.[Mn]. The molecule has 227 valence electrons. The third-order valence-corrected chi connectivity index (χ3v) is 7.98. The van der Waals surface area contributed by atoms with Crippen LogP contribution in [0.2, 0.25) is 0 Å². The van der Waals surface area contributed by atoms with Gasteiger partial charge in [-0.05, 0) is 118 Å². The molecular formula is C40H28MnN4O2. The number of ether oxygens (including phenoxy) is 1. The summed E-state index contributed by atoms with van der Waals surface area (Å²) in [5, 5.41) is 6.70. The second kappa shape index (κ2) is 12.6. The van der Waals surface area contributed by atoms with Crippen molar-refractivity contribution in [2.75, 3.05) is 0 Å². The second-order valence-electron chi connectivity index (χ2n) is 11.3. The summed E-state index contributed by atoms with van der Waals surface area (Å²) in [6.07, 6.45) is 8.09. The van der Waals surface area contributed by atoms with Gasteiger partial charge in [0.25, 0.3) is 0 Å². The number of carbonyl (C=O) groups excluding carboxylic acids is 1. The summed E-state index contributed by atoms with van der Waals surface area (Å²) >= 11 is 0. The van der Waals surface area contributed by atoms with E-state index in [2.05, 4.69) is 80.6 Å². The van der Waals surface area contributed by atoms with Gasteiger partial charge in [0.2, 0.25) is 0 Å². The van der Waals surface area contributed by atoms with Gasteiger partial charge < -0.3 is 14.7 Å². The zero-order valence-corrected chi connectivity index (χ0v) is 26.5. The Morgan fingerprint density at radius 2 is 1.00 bits per heavy atom. The van der Waals surface area contributed by atoms with Crippen LogP contribution in [0.5, 0.6) is 5.75 Å². The zero-order chi connectivity index (χ0) is 31.0. The van der Waals surface area contributed by atoms with Gasteiger partial charge in [0.15, 0.2) is 0 Å². The van der Waals surface area contributed by atoms with Crippen LogP contribution < -0.4 is 4.74 Å². The number of carbonyl (C=O) groups is 1. The summed E-state index contributed by atoms with van der Waals surface area (Å²) in [7, 11) is 0. The first-order chi connectivity index (χ1) is 22.5. The zero-order valence-electron chi connectivity index (χ0n) is 25.4. The average molecular weight is 652 g/mol. The Hall–Kier alpha value is -5.75. The summed E-state index contributed by atoms with van der Waals surface area (Å²) in [4.78, 5) is 27.4. The molecule has 6 nitrogen and oxygen atoms in total. The average Bonchev–Trinajstić information content (AvgIpc) is 3.87. The first-order valence-electron chi connectivity index (χ1n) is 15.1. The minimum Gasteiger partial charge on any atom is -0.426 e. The van der Waals surface area contributed by atoms with Crippen LogP contribution in [0.15, 0.2) is 115 Å². The van der Waals surface area contributed by atoms with E-state index in [1.807, 2.05) is 78.9 Å². The number of nitrogens with one attached hydrogen (secondary N) is 2. The van der Waals surface area contributed by atoms with E-state index < -0.39 is 0 Å². The summed E-state index contributed by atoms with van der Waals surface area (Å²) in [6, 6.07) is 39.0. The van der Waals surface area contributed by atoms with E-state index in [-0.39, 0.29) is 23.0 Å². The molecule has 47 heavy (non-hydrogen) atoms. The number of esters is 1. The Morgan fingerprint density at radius 1 is 0.532 bits per heavy atom. The van der Waals surface area contributed by atoms with Gasteiger partial charge in [-0.15, -0.1) is 0 Å². The van der Waals surface area contributed by atoms with Crippen molar-refractivity contribution in [2.45, 2.75) is 6.92 Å². The fourth-order valence-corrected chi connectivity index (χ4v) is 5.95. The van der Waals surface area contributed by atoms with Crippen LogP contribution in [0.25, 0.3) is 78.7 Å². The molecule has 0 atom stereocenters. The maximum absolute atomic E-state index is 11.4. The number of rotatable bonds is 1. The number of aromatic amines is 2. The first-order valence-corrected chi connectivity index (χ1v) is 15.1. The molecule has 0 amide bonds. The Bertz CT molecular complexity index is 2390. The van der Waals surface area contributed by atoms with E-state index in [4.69, 9.17) is 4.74 Å². The van der Waals surface area contributed by atoms with Crippen LogP contribution in [0.3, 0.4) is 0 Å². The molecule has 5 heterocycles. The number of aromatic nitrogens is 4. The topological polar surface area (TPSA) is 83.7 Å². The first kappa shape index (κ1) is 29.9. The van der Waals surface area contributed by atoms with Crippen molar-refractivity contribution in [1.82, 2.24) is 19.9 Å². The third-order valence-electron chi connectivity index (χ3n) is 7.98. The van der Waals surface area contributed by atoms with Crippen LogP contribution in [0.1, 0.15) is 29.7 Å². The monoisotopic (exact) mass is 651 g/mol. The summed E-state index contributed by atoms with van der Waals surface area (Å²) in [5.74, 6) is 0.316. The minimum absolute atomic E-state index is 0. The molecule has 2 aliphatic heterocycles. The van der Waals surface area contributed by atoms with Crippen molar-refractivity contribution >= 4 is 84.7 Å². The van der Waals surface area contributed by atoms with E-state index >= 15 is 0 Å². The van der Waals surface area contributed by atoms with E-state index in [0.29, 0.717) is 5.75 Å². The van der Waals surface area contributed by atoms with Gasteiger partial charge in [-0.2, -0.15) is 0 Å². The predicted octanol–water partition coefficient (Wildman–Crippen LogP) is 9.72. The van der Waals surface area contributed by atoms with Crippen LogP contribution in [0, 0.1) is 0 Å². The molecule has 0 aliphatic carbocycles. The molecular weight excluding hydrogens is 623 g/mol. The molecule has 2 N–H and O–H groups in total. The Morgan fingerprint density at radius 3 is 1.51 bits per heavy atom. The molecule has 8 bridgehead atoms. The molecule has 4 aromatic carbocycles. The van der Waals surface area contributed by atoms with E-state index in [0.717, 1.165) is 66.4 Å². The number of hydrogen-bond acceptors (Lipinski definition) is 4. The normalized spacial score (nSPS) is 11.7. The number of benzene rings is 4. The van der Waals surface area contributed by atoms with Crippen molar-refractivity contribution in [3.05, 3.63) is 138 Å². The maximum atomic E-state index is 11.4. The van der Waals surface area contributed by atoms with Crippen molar-refractivity contribution < 1.29 is 26.6 Å². The van der Waals surface area contributed by atoms with Gasteiger partial charge in [-0.3, -0.25) is 4.79 Å². The van der Waals surface area contributed by atoms with Gasteiger partial charge >= 0.3 is 5.97 Å². The predicted molar refractivity (Wildman–Crippen MR) is 189 cm³/mol. The molecule has 0 saturated carbocycles.